The smallest absolute Gasteiger partial charge is 0.410 e. The third-order valence-electron chi connectivity index (χ3n) is 4.84. The van der Waals surface area contributed by atoms with Gasteiger partial charge in [0, 0.05) is 26.2 Å². The number of ether oxygens (including phenoxy) is 2. The van der Waals surface area contributed by atoms with Crippen LogP contribution in [0.3, 0.4) is 0 Å². The van der Waals surface area contributed by atoms with Gasteiger partial charge in [-0.05, 0) is 46.6 Å². The van der Waals surface area contributed by atoms with Crippen LogP contribution in [0, 0.1) is 5.41 Å². The molecule has 0 aromatic rings. The second-order valence-electron chi connectivity index (χ2n) is 7.76. The molecule has 0 aromatic heterocycles. The molecule has 2 aliphatic rings. The van der Waals surface area contributed by atoms with Gasteiger partial charge in [0.15, 0.2) is 0 Å². The lowest BCUT2D eigenvalue weighted by Crippen LogP contribution is -2.49. The Hall–Kier alpha value is -1.34. The molecule has 0 radical (unpaired) electrons. The molecule has 0 unspecified atom stereocenters. The van der Waals surface area contributed by atoms with E-state index in [0.717, 1.165) is 19.6 Å². The molecule has 138 valence electrons. The lowest BCUT2D eigenvalue weighted by molar-refractivity contribution is -0.153. The highest BCUT2D eigenvalue weighted by atomic mass is 16.6. The Balaban J connectivity index is 1.88. The van der Waals surface area contributed by atoms with Crippen molar-refractivity contribution in [3.8, 4) is 0 Å². The van der Waals surface area contributed by atoms with E-state index in [-0.39, 0.29) is 6.09 Å². The number of rotatable bonds is 4. The van der Waals surface area contributed by atoms with Crippen molar-refractivity contribution in [3.63, 3.8) is 0 Å². The first-order valence-corrected chi connectivity index (χ1v) is 8.73. The number of carboxylic acids is 1. The second kappa shape index (κ2) is 7.70. The molecule has 7 heteroatoms. The third kappa shape index (κ3) is 5.08. The summed E-state index contributed by atoms with van der Waals surface area (Å²) in [5.74, 6) is -0.750. The van der Waals surface area contributed by atoms with Crippen molar-refractivity contribution in [2.75, 3.05) is 45.9 Å². The van der Waals surface area contributed by atoms with Gasteiger partial charge in [0.05, 0.1) is 18.6 Å². The molecule has 2 fully saturated rings. The topological polar surface area (TPSA) is 79.3 Å². The van der Waals surface area contributed by atoms with E-state index in [1.807, 2.05) is 20.8 Å². The molecule has 0 bridgehead atoms. The molecule has 24 heavy (non-hydrogen) atoms. The fourth-order valence-electron chi connectivity index (χ4n) is 3.21. The normalized spacial score (nSPS) is 22.2. The van der Waals surface area contributed by atoms with E-state index in [1.165, 1.54) is 0 Å². The van der Waals surface area contributed by atoms with Gasteiger partial charge in [-0.15, -0.1) is 0 Å². The zero-order chi connectivity index (χ0) is 17.8. The molecule has 1 amide bonds. The maximum absolute atomic E-state index is 12.1. The van der Waals surface area contributed by atoms with E-state index in [4.69, 9.17) is 9.47 Å². The van der Waals surface area contributed by atoms with Crippen molar-refractivity contribution in [1.82, 2.24) is 9.80 Å². The predicted octanol–water partition coefficient (Wildman–Crippen LogP) is 1.81. The Labute approximate surface area is 143 Å². The lowest BCUT2D eigenvalue weighted by atomic mass is 9.75. The van der Waals surface area contributed by atoms with Crippen molar-refractivity contribution in [3.05, 3.63) is 0 Å². The van der Waals surface area contributed by atoms with Crippen LogP contribution in [0.4, 0.5) is 4.79 Å². The van der Waals surface area contributed by atoms with Gasteiger partial charge < -0.3 is 19.5 Å². The van der Waals surface area contributed by atoms with E-state index in [9.17, 15) is 14.7 Å². The molecule has 2 aliphatic heterocycles. The zero-order valence-corrected chi connectivity index (χ0v) is 15.0. The van der Waals surface area contributed by atoms with Crippen LogP contribution in [0.15, 0.2) is 0 Å². The van der Waals surface area contributed by atoms with E-state index < -0.39 is 17.0 Å². The Kier molecular flexibility index (Phi) is 6.09. The van der Waals surface area contributed by atoms with Gasteiger partial charge in [0.25, 0.3) is 0 Å². The number of hydrogen-bond donors (Lipinski definition) is 1. The van der Waals surface area contributed by atoms with Crippen LogP contribution in [-0.4, -0.2) is 78.5 Å². The van der Waals surface area contributed by atoms with Crippen molar-refractivity contribution < 1.29 is 24.2 Å². The lowest BCUT2D eigenvalue weighted by Gasteiger charge is -2.40. The Morgan fingerprint density at radius 3 is 2.21 bits per heavy atom. The number of likely N-dealkylation sites (tertiary alicyclic amines) is 1. The molecular weight excluding hydrogens is 312 g/mol. The summed E-state index contributed by atoms with van der Waals surface area (Å²) in [6, 6.07) is 0. The standard InChI is InChI=1S/C17H30N2O5/c1-16(2,3)24-15(22)19-8-5-17(6-9-19,14(20)21)4-7-18-10-12-23-13-11-18/h4-13H2,1-3H3,(H,20,21). The Bertz CT molecular complexity index is 446. The summed E-state index contributed by atoms with van der Waals surface area (Å²) < 4.78 is 10.7. The summed E-state index contributed by atoms with van der Waals surface area (Å²) in [6.07, 6.45) is 1.22. The quantitative estimate of drug-likeness (QED) is 0.839. The molecule has 2 rings (SSSR count). The number of hydrogen-bond acceptors (Lipinski definition) is 5. The Morgan fingerprint density at radius 2 is 1.71 bits per heavy atom. The van der Waals surface area contributed by atoms with Crippen molar-refractivity contribution in [2.45, 2.75) is 45.6 Å². The summed E-state index contributed by atoms with van der Waals surface area (Å²) >= 11 is 0. The highest BCUT2D eigenvalue weighted by molar-refractivity contribution is 5.75. The molecule has 1 N–H and O–H groups in total. The monoisotopic (exact) mass is 342 g/mol. The van der Waals surface area contributed by atoms with Gasteiger partial charge in [-0.2, -0.15) is 0 Å². The van der Waals surface area contributed by atoms with E-state index >= 15 is 0 Å². The number of nitrogens with zero attached hydrogens (tertiary/aromatic N) is 2. The minimum Gasteiger partial charge on any atom is -0.481 e. The number of carbonyl (C=O) groups is 2. The van der Waals surface area contributed by atoms with Gasteiger partial charge in [-0.25, -0.2) is 4.79 Å². The predicted molar refractivity (Wildman–Crippen MR) is 89.0 cm³/mol. The van der Waals surface area contributed by atoms with E-state index in [2.05, 4.69) is 4.90 Å². The molecule has 0 aliphatic carbocycles. The van der Waals surface area contributed by atoms with Gasteiger partial charge in [-0.3, -0.25) is 9.69 Å². The number of carbonyl (C=O) groups excluding carboxylic acids is 1. The molecule has 0 aromatic carbocycles. The van der Waals surface area contributed by atoms with Crippen LogP contribution >= 0.6 is 0 Å². The van der Waals surface area contributed by atoms with Gasteiger partial charge in [0.2, 0.25) is 0 Å². The summed E-state index contributed by atoms with van der Waals surface area (Å²) in [7, 11) is 0. The van der Waals surface area contributed by atoms with Crippen LogP contribution in [0.1, 0.15) is 40.0 Å². The molecule has 7 nitrogen and oxygen atoms in total. The molecule has 2 saturated heterocycles. The van der Waals surface area contributed by atoms with E-state index in [0.29, 0.717) is 45.6 Å². The zero-order valence-electron chi connectivity index (χ0n) is 15.0. The molecule has 0 spiro atoms. The first kappa shape index (κ1) is 19.0. The van der Waals surface area contributed by atoms with Gasteiger partial charge >= 0.3 is 12.1 Å². The van der Waals surface area contributed by atoms with Crippen LogP contribution in [0.2, 0.25) is 0 Å². The van der Waals surface area contributed by atoms with Gasteiger partial charge in [-0.1, -0.05) is 0 Å². The SMILES string of the molecule is CC(C)(C)OC(=O)N1CCC(CCN2CCOCC2)(C(=O)O)CC1. The first-order valence-electron chi connectivity index (χ1n) is 8.73. The van der Waals surface area contributed by atoms with Crippen molar-refractivity contribution >= 4 is 12.1 Å². The minimum atomic E-state index is -0.750. The van der Waals surface area contributed by atoms with Crippen molar-refractivity contribution in [1.29, 1.82) is 0 Å². The number of amides is 1. The average Bonchev–Trinajstić information content (AvgIpc) is 2.52. The second-order valence-corrected chi connectivity index (χ2v) is 7.76. The Morgan fingerprint density at radius 1 is 1.12 bits per heavy atom. The van der Waals surface area contributed by atoms with Crippen LogP contribution in [-0.2, 0) is 14.3 Å². The van der Waals surface area contributed by atoms with Gasteiger partial charge in [0.1, 0.15) is 5.60 Å². The fourth-order valence-corrected chi connectivity index (χ4v) is 3.21. The van der Waals surface area contributed by atoms with Crippen molar-refractivity contribution in [2.24, 2.45) is 5.41 Å². The number of morpholine rings is 1. The third-order valence-corrected chi connectivity index (χ3v) is 4.84. The minimum absolute atomic E-state index is 0.352. The molecule has 0 atom stereocenters. The number of piperidine rings is 1. The highest BCUT2D eigenvalue weighted by Crippen LogP contribution is 2.36. The maximum atomic E-state index is 12.1. The van der Waals surface area contributed by atoms with Crippen LogP contribution < -0.4 is 0 Å². The fraction of sp³-hybridized carbons (Fsp3) is 0.882. The van der Waals surface area contributed by atoms with Crippen LogP contribution in [0.25, 0.3) is 0 Å². The summed E-state index contributed by atoms with van der Waals surface area (Å²) in [6.45, 7) is 10.3. The number of aliphatic carboxylic acids is 1. The average molecular weight is 342 g/mol. The molecular formula is C17H30N2O5. The highest BCUT2D eigenvalue weighted by Gasteiger charge is 2.43. The van der Waals surface area contributed by atoms with Crippen LogP contribution in [0.5, 0.6) is 0 Å². The largest absolute Gasteiger partial charge is 0.481 e. The van der Waals surface area contributed by atoms with E-state index in [1.54, 1.807) is 4.90 Å². The number of carboxylic acid groups (broad SMARTS) is 1. The summed E-state index contributed by atoms with van der Waals surface area (Å²) in [4.78, 5) is 27.9. The molecule has 2 heterocycles. The first-order chi connectivity index (χ1) is 11.2. The summed E-state index contributed by atoms with van der Waals surface area (Å²) in [5, 5.41) is 9.75. The molecule has 0 saturated carbocycles. The maximum Gasteiger partial charge on any atom is 0.410 e. The summed E-state index contributed by atoms with van der Waals surface area (Å²) in [5.41, 5.74) is -1.27.